The molecule has 0 radical (unpaired) electrons. The van der Waals surface area contributed by atoms with Crippen LogP contribution in [0.5, 0.6) is 5.75 Å². The number of benzene rings is 2. The number of anilines is 1. The van der Waals surface area contributed by atoms with Gasteiger partial charge in [0.05, 0.1) is 0 Å². The van der Waals surface area contributed by atoms with Crippen LogP contribution in [0.1, 0.15) is 67.8 Å². The number of halogens is 1. The highest BCUT2D eigenvalue weighted by Gasteiger charge is 2.17. The van der Waals surface area contributed by atoms with Crippen LogP contribution in [-0.4, -0.2) is 24.5 Å². The molecule has 30 heavy (non-hydrogen) atoms. The van der Waals surface area contributed by atoms with Crippen LogP contribution in [0.4, 0.5) is 5.69 Å². The third-order valence-electron chi connectivity index (χ3n) is 5.30. The lowest BCUT2D eigenvalue weighted by Crippen LogP contribution is -2.36. The maximum Gasteiger partial charge on any atom is 0.262 e. The monoisotopic (exact) mass is 472 g/mol. The second-order valence-electron chi connectivity index (χ2n) is 8.06. The molecule has 2 aromatic carbocycles. The average molecular weight is 473 g/mol. The molecular formula is C24H29BrN2O3. The summed E-state index contributed by atoms with van der Waals surface area (Å²) in [5.41, 5.74) is 2.17. The first-order chi connectivity index (χ1) is 14.4. The van der Waals surface area contributed by atoms with Crippen molar-refractivity contribution in [2.24, 2.45) is 0 Å². The van der Waals surface area contributed by atoms with Gasteiger partial charge in [0.25, 0.3) is 11.8 Å². The normalized spacial score (nSPS) is 14.4. The van der Waals surface area contributed by atoms with Gasteiger partial charge in [-0.3, -0.25) is 9.59 Å². The quantitative estimate of drug-likeness (QED) is 0.546. The van der Waals surface area contributed by atoms with Crippen molar-refractivity contribution in [2.45, 2.75) is 57.9 Å². The molecular weight excluding hydrogens is 444 g/mol. The van der Waals surface area contributed by atoms with Crippen molar-refractivity contribution < 1.29 is 14.3 Å². The van der Waals surface area contributed by atoms with E-state index in [1.54, 1.807) is 24.3 Å². The van der Waals surface area contributed by atoms with E-state index in [1.807, 2.05) is 18.2 Å². The lowest BCUT2D eigenvalue weighted by molar-refractivity contribution is -0.118. The summed E-state index contributed by atoms with van der Waals surface area (Å²) in [6.45, 7) is 4.07. The Bertz CT molecular complexity index is 892. The first kappa shape index (κ1) is 22.3. The van der Waals surface area contributed by atoms with E-state index in [4.69, 9.17) is 4.74 Å². The number of rotatable bonds is 7. The first-order valence-electron chi connectivity index (χ1n) is 10.6. The molecule has 2 N–H and O–H groups in total. The van der Waals surface area contributed by atoms with Crippen molar-refractivity contribution in [1.82, 2.24) is 5.32 Å². The molecule has 6 heteroatoms. The predicted molar refractivity (Wildman–Crippen MR) is 123 cm³/mol. The van der Waals surface area contributed by atoms with E-state index in [1.165, 1.54) is 6.42 Å². The zero-order valence-electron chi connectivity index (χ0n) is 17.5. The van der Waals surface area contributed by atoms with Crippen molar-refractivity contribution in [3.63, 3.8) is 0 Å². The molecule has 0 aromatic heterocycles. The minimum absolute atomic E-state index is 0.0920. The summed E-state index contributed by atoms with van der Waals surface area (Å²) in [5.74, 6) is 0.618. The van der Waals surface area contributed by atoms with Gasteiger partial charge in [-0.25, -0.2) is 0 Å². The van der Waals surface area contributed by atoms with Gasteiger partial charge in [-0.05, 0) is 60.7 Å². The smallest absolute Gasteiger partial charge is 0.262 e. The van der Waals surface area contributed by atoms with E-state index in [2.05, 4.69) is 40.4 Å². The third kappa shape index (κ3) is 6.33. The zero-order chi connectivity index (χ0) is 21.5. The molecule has 1 fully saturated rings. The zero-order valence-corrected chi connectivity index (χ0v) is 19.1. The molecule has 0 heterocycles. The van der Waals surface area contributed by atoms with Crippen molar-refractivity contribution in [1.29, 1.82) is 0 Å². The molecule has 0 unspecified atom stereocenters. The molecule has 0 spiro atoms. The Labute approximate surface area is 186 Å². The van der Waals surface area contributed by atoms with Gasteiger partial charge in [0.15, 0.2) is 6.61 Å². The van der Waals surface area contributed by atoms with E-state index >= 15 is 0 Å². The number of amides is 2. The maximum atomic E-state index is 12.5. The van der Waals surface area contributed by atoms with Crippen molar-refractivity contribution in [3.05, 3.63) is 58.1 Å². The summed E-state index contributed by atoms with van der Waals surface area (Å²) >= 11 is 3.47. The summed E-state index contributed by atoms with van der Waals surface area (Å²) in [5, 5.41) is 5.92. The summed E-state index contributed by atoms with van der Waals surface area (Å²) < 4.78 is 6.73. The van der Waals surface area contributed by atoms with Crippen LogP contribution in [0.2, 0.25) is 0 Å². The largest absolute Gasteiger partial charge is 0.483 e. The topological polar surface area (TPSA) is 67.4 Å². The number of hydrogen-bond donors (Lipinski definition) is 2. The van der Waals surface area contributed by atoms with E-state index in [0.29, 0.717) is 17.0 Å². The fraction of sp³-hybridized carbons (Fsp3) is 0.417. The Morgan fingerprint density at radius 3 is 2.60 bits per heavy atom. The SMILES string of the molecule is CC(C)c1cc(Br)ccc1OCC(=O)Nc1cccc(C(=O)NC2CCCCC2)c1. The van der Waals surface area contributed by atoms with Crippen LogP contribution < -0.4 is 15.4 Å². The number of hydrogen-bond acceptors (Lipinski definition) is 3. The number of ether oxygens (including phenoxy) is 1. The fourth-order valence-electron chi connectivity index (χ4n) is 3.70. The summed E-state index contributed by atoms with van der Waals surface area (Å²) in [7, 11) is 0. The van der Waals surface area contributed by atoms with Crippen LogP contribution in [0.3, 0.4) is 0 Å². The van der Waals surface area contributed by atoms with Gasteiger partial charge in [0.1, 0.15) is 5.75 Å². The predicted octanol–water partition coefficient (Wildman–Crippen LogP) is 5.65. The Hall–Kier alpha value is -2.34. The highest BCUT2D eigenvalue weighted by Crippen LogP contribution is 2.29. The van der Waals surface area contributed by atoms with Gasteiger partial charge in [-0.1, -0.05) is 55.1 Å². The van der Waals surface area contributed by atoms with Crippen LogP contribution in [0.15, 0.2) is 46.9 Å². The van der Waals surface area contributed by atoms with Gasteiger partial charge in [0, 0.05) is 21.8 Å². The molecule has 3 rings (SSSR count). The first-order valence-corrected chi connectivity index (χ1v) is 11.3. The fourth-order valence-corrected chi connectivity index (χ4v) is 4.07. The lowest BCUT2D eigenvalue weighted by Gasteiger charge is -2.22. The van der Waals surface area contributed by atoms with Crippen LogP contribution in [0, 0.1) is 0 Å². The summed E-state index contributed by atoms with van der Waals surface area (Å²) in [6, 6.07) is 13.0. The molecule has 0 saturated heterocycles. The molecule has 1 saturated carbocycles. The Kier molecular flexibility index (Phi) is 7.91. The molecule has 160 valence electrons. The van der Waals surface area contributed by atoms with E-state index < -0.39 is 0 Å². The molecule has 2 amide bonds. The Balaban J connectivity index is 1.57. The molecule has 1 aliphatic carbocycles. The average Bonchev–Trinajstić information content (AvgIpc) is 2.73. The highest BCUT2D eigenvalue weighted by molar-refractivity contribution is 9.10. The van der Waals surface area contributed by atoms with Gasteiger partial charge in [-0.2, -0.15) is 0 Å². The van der Waals surface area contributed by atoms with Gasteiger partial charge < -0.3 is 15.4 Å². The van der Waals surface area contributed by atoms with Gasteiger partial charge in [0.2, 0.25) is 0 Å². The highest BCUT2D eigenvalue weighted by atomic mass is 79.9. The summed E-state index contributed by atoms with van der Waals surface area (Å²) in [6.07, 6.45) is 5.65. The second kappa shape index (κ2) is 10.6. The molecule has 0 atom stereocenters. The van der Waals surface area contributed by atoms with Crippen molar-refractivity contribution in [3.8, 4) is 5.75 Å². The van der Waals surface area contributed by atoms with Crippen LogP contribution in [0.25, 0.3) is 0 Å². The van der Waals surface area contributed by atoms with Crippen LogP contribution in [-0.2, 0) is 4.79 Å². The Morgan fingerprint density at radius 2 is 1.87 bits per heavy atom. The van der Waals surface area contributed by atoms with Crippen molar-refractivity contribution >= 4 is 33.4 Å². The summed E-state index contributed by atoms with van der Waals surface area (Å²) in [4.78, 5) is 24.9. The van der Waals surface area contributed by atoms with E-state index in [0.717, 1.165) is 35.7 Å². The molecule has 2 aromatic rings. The molecule has 0 aliphatic heterocycles. The second-order valence-corrected chi connectivity index (χ2v) is 8.98. The Morgan fingerprint density at radius 1 is 1.10 bits per heavy atom. The molecule has 0 bridgehead atoms. The lowest BCUT2D eigenvalue weighted by atomic mass is 9.95. The standard InChI is InChI=1S/C24H29BrN2O3/c1-16(2)21-14-18(25)11-12-22(21)30-15-23(28)26-20-10-6-7-17(13-20)24(29)27-19-8-4-3-5-9-19/h6-7,10-14,16,19H,3-5,8-9,15H2,1-2H3,(H,26,28)(H,27,29). The third-order valence-corrected chi connectivity index (χ3v) is 5.79. The number of carbonyl (C=O) groups is 2. The van der Waals surface area contributed by atoms with Gasteiger partial charge >= 0.3 is 0 Å². The minimum atomic E-state index is -0.266. The van der Waals surface area contributed by atoms with Gasteiger partial charge in [-0.15, -0.1) is 0 Å². The molecule has 5 nitrogen and oxygen atoms in total. The minimum Gasteiger partial charge on any atom is -0.483 e. The molecule has 1 aliphatic rings. The van der Waals surface area contributed by atoms with E-state index in [-0.39, 0.29) is 30.4 Å². The maximum absolute atomic E-state index is 12.5. The van der Waals surface area contributed by atoms with Crippen LogP contribution >= 0.6 is 15.9 Å². The van der Waals surface area contributed by atoms with Crippen molar-refractivity contribution in [2.75, 3.05) is 11.9 Å². The number of nitrogens with one attached hydrogen (secondary N) is 2. The van der Waals surface area contributed by atoms with E-state index in [9.17, 15) is 9.59 Å². The number of carbonyl (C=O) groups excluding carboxylic acids is 2.